The maximum atomic E-state index is 14.1. The molecule has 3 aliphatic rings. The number of hydrogen-bond acceptors (Lipinski definition) is 4. The summed E-state index contributed by atoms with van der Waals surface area (Å²) in [6.07, 6.45) is 7.48. The summed E-state index contributed by atoms with van der Waals surface area (Å²) in [5.41, 5.74) is 2.27. The second kappa shape index (κ2) is 10.9. The van der Waals surface area contributed by atoms with Crippen molar-refractivity contribution in [1.82, 2.24) is 0 Å². The van der Waals surface area contributed by atoms with Crippen molar-refractivity contribution in [2.75, 3.05) is 0 Å². The highest BCUT2D eigenvalue weighted by Gasteiger charge is 2.41. The minimum atomic E-state index is -0.359. The summed E-state index contributed by atoms with van der Waals surface area (Å²) in [7, 11) is 0. The Morgan fingerprint density at radius 3 is 1.61 bits per heavy atom. The number of fused-ring (bicyclic) bond motifs is 1. The molecule has 2 aromatic rings. The van der Waals surface area contributed by atoms with Gasteiger partial charge in [0.2, 0.25) is 0 Å². The van der Waals surface area contributed by atoms with Gasteiger partial charge in [0, 0.05) is 50.8 Å². The van der Waals surface area contributed by atoms with Crippen molar-refractivity contribution < 1.29 is 23.8 Å². The van der Waals surface area contributed by atoms with Gasteiger partial charge in [-0.3, -0.25) is 9.59 Å². The highest BCUT2D eigenvalue weighted by Crippen LogP contribution is 2.46. The highest BCUT2D eigenvalue weighted by molar-refractivity contribution is 6.33. The van der Waals surface area contributed by atoms with Crippen molar-refractivity contribution >= 4 is 23.4 Å². The van der Waals surface area contributed by atoms with Gasteiger partial charge in [0.15, 0.2) is 11.6 Å². The number of carbonyl (C=O) groups excluding carboxylic acids is 2. The Morgan fingerprint density at radius 2 is 1.15 bits per heavy atom. The first kappa shape index (κ1) is 33.1. The average molecular weight is 619 g/mol. The largest absolute Gasteiger partial charge is 0.872 e. The molecule has 0 N–H and O–H groups in total. The zero-order chi connectivity index (χ0) is 34.1. The number of carbonyl (C=O) groups is 2. The standard InChI is InChI=1S/C41H46O5/c1-38(2,3)29-19-23(20-30(45-29)39(4,5)6)17-27-33(34-36(43)25-15-13-14-16-26(25)37(34)44)28(35(27)42)18-24-21-31(40(7,8)9)46-32(22-24)41(10,11)12/h13-22H,1-12H3. The molecule has 0 saturated carbocycles. The summed E-state index contributed by atoms with van der Waals surface area (Å²) in [4.78, 5) is 27.9. The van der Waals surface area contributed by atoms with E-state index in [-0.39, 0.29) is 44.6 Å². The number of ether oxygens (including phenoxy) is 1. The molecule has 5 heteroatoms. The number of rotatable bonds is 3. The van der Waals surface area contributed by atoms with Crippen LogP contribution in [0.5, 0.6) is 0 Å². The minimum absolute atomic E-state index is 0.0405. The first-order valence-corrected chi connectivity index (χ1v) is 16.0. The van der Waals surface area contributed by atoms with E-state index in [4.69, 9.17) is 9.15 Å². The monoisotopic (exact) mass is 618 g/mol. The first-order valence-electron chi connectivity index (χ1n) is 16.0. The molecular weight excluding hydrogens is 572 g/mol. The van der Waals surface area contributed by atoms with Crippen LogP contribution in [0.2, 0.25) is 0 Å². The van der Waals surface area contributed by atoms with E-state index in [1.807, 2.05) is 24.3 Å². The summed E-state index contributed by atoms with van der Waals surface area (Å²) in [5.74, 6) is 2.18. The van der Waals surface area contributed by atoms with Crippen molar-refractivity contribution in [2.24, 2.45) is 10.8 Å². The fourth-order valence-corrected chi connectivity index (χ4v) is 5.50. The molecule has 2 heterocycles. The van der Waals surface area contributed by atoms with Crippen LogP contribution in [0.25, 0.3) is 11.8 Å². The molecule has 46 heavy (non-hydrogen) atoms. The van der Waals surface area contributed by atoms with Crippen molar-refractivity contribution in [3.63, 3.8) is 0 Å². The van der Waals surface area contributed by atoms with Gasteiger partial charge < -0.3 is 9.84 Å². The van der Waals surface area contributed by atoms with Crippen molar-refractivity contribution in [3.8, 4) is 0 Å². The molecule has 0 fully saturated rings. The zero-order valence-electron chi connectivity index (χ0n) is 29.3. The van der Waals surface area contributed by atoms with Gasteiger partial charge in [0.05, 0.1) is 10.8 Å². The van der Waals surface area contributed by atoms with Crippen molar-refractivity contribution in [1.29, 1.82) is 0 Å². The smallest absolute Gasteiger partial charge is 0.335 e. The minimum Gasteiger partial charge on any atom is -0.872 e. The fraction of sp³-hybridized carbons (Fsp3) is 0.390. The van der Waals surface area contributed by atoms with E-state index in [1.165, 1.54) is 0 Å². The Balaban J connectivity index is 1.77. The van der Waals surface area contributed by atoms with Crippen LogP contribution in [-0.2, 0) is 20.4 Å². The molecule has 0 saturated heterocycles. The Hall–Kier alpha value is -4.25. The molecule has 1 aliphatic heterocycles. The number of ketones is 2. The molecule has 0 spiro atoms. The maximum absolute atomic E-state index is 14.1. The molecule has 2 aliphatic carbocycles. The number of allylic oxidation sites excluding steroid dienone is 10. The second-order valence-electron chi connectivity index (χ2n) is 16.6. The molecule has 0 bridgehead atoms. The van der Waals surface area contributed by atoms with Gasteiger partial charge in [-0.25, -0.2) is 4.42 Å². The Kier molecular flexibility index (Phi) is 7.87. The normalized spacial score (nSPS) is 18.4. The van der Waals surface area contributed by atoms with Crippen LogP contribution in [0.15, 0.2) is 98.4 Å². The van der Waals surface area contributed by atoms with E-state index >= 15 is 0 Å². The third kappa shape index (κ3) is 6.12. The summed E-state index contributed by atoms with van der Waals surface area (Å²) in [6.45, 7) is 24.9. The van der Waals surface area contributed by atoms with E-state index in [2.05, 4.69) is 83.1 Å². The number of Topliss-reactive ketones (excluding diaryl/α,β-unsaturated/α-hetero) is 2. The van der Waals surface area contributed by atoms with Crippen LogP contribution in [0.4, 0.5) is 0 Å². The van der Waals surface area contributed by atoms with Gasteiger partial charge in [-0.1, -0.05) is 71.6 Å². The van der Waals surface area contributed by atoms with E-state index in [9.17, 15) is 14.7 Å². The molecule has 1 aromatic heterocycles. The molecule has 5 rings (SSSR count). The lowest BCUT2D eigenvalue weighted by Crippen LogP contribution is -2.26. The van der Waals surface area contributed by atoms with Crippen LogP contribution < -0.4 is 5.11 Å². The third-order valence-corrected chi connectivity index (χ3v) is 8.36. The van der Waals surface area contributed by atoms with Crippen LogP contribution >= 0.6 is 0 Å². The predicted octanol–water partition coefficient (Wildman–Crippen LogP) is 9.20. The quantitative estimate of drug-likeness (QED) is 0.253. The van der Waals surface area contributed by atoms with E-state index in [0.717, 1.165) is 34.2 Å². The van der Waals surface area contributed by atoms with Gasteiger partial charge in [-0.05, 0) is 82.5 Å². The molecular formula is C41H46O5. The molecule has 0 amide bonds. The van der Waals surface area contributed by atoms with Crippen LogP contribution in [0.3, 0.4) is 0 Å². The van der Waals surface area contributed by atoms with Gasteiger partial charge >= 0.3 is 11.5 Å². The Labute approximate surface area is 273 Å². The lowest BCUT2D eigenvalue weighted by molar-refractivity contribution is -0.244. The molecule has 5 nitrogen and oxygen atoms in total. The van der Waals surface area contributed by atoms with Gasteiger partial charge in [0.25, 0.3) is 0 Å². The summed E-state index contributed by atoms with van der Waals surface area (Å²) in [6, 6.07) is 10.7. The van der Waals surface area contributed by atoms with Gasteiger partial charge in [-0.15, -0.1) is 0 Å². The summed E-state index contributed by atoms with van der Waals surface area (Å²) >= 11 is 0. The zero-order valence-corrected chi connectivity index (χ0v) is 29.3. The van der Waals surface area contributed by atoms with E-state index < -0.39 is 0 Å². The van der Waals surface area contributed by atoms with Crippen LogP contribution in [-0.4, -0.2) is 11.6 Å². The highest BCUT2D eigenvalue weighted by atomic mass is 16.5. The van der Waals surface area contributed by atoms with Crippen LogP contribution in [0.1, 0.15) is 116 Å². The second-order valence-corrected chi connectivity index (χ2v) is 16.6. The fourth-order valence-electron chi connectivity index (χ4n) is 5.50. The number of benzene rings is 1. The molecule has 0 radical (unpaired) electrons. The van der Waals surface area contributed by atoms with Crippen molar-refractivity contribution in [3.05, 3.63) is 122 Å². The predicted molar refractivity (Wildman–Crippen MR) is 182 cm³/mol. The SMILES string of the molecule is CC(C)(C)C1=CC(=CC2=C(C3=C([O-])c4ccccc4C3=O)/C(=C/c3cc(C(C)(C)C)[o+]c(C(C)(C)C)c3)C2=O)C=C(C(C)(C)C)O1. The maximum Gasteiger partial charge on any atom is 0.335 e. The Bertz CT molecular complexity index is 1790. The summed E-state index contributed by atoms with van der Waals surface area (Å²) in [5, 5.41) is 13.8. The molecule has 0 atom stereocenters. The third-order valence-electron chi connectivity index (χ3n) is 8.36. The van der Waals surface area contributed by atoms with Crippen LogP contribution in [0, 0.1) is 10.8 Å². The molecule has 240 valence electrons. The van der Waals surface area contributed by atoms with E-state index in [1.54, 1.807) is 36.4 Å². The summed E-state index contributed by atoms with van der Waals surface area (Å²) < 4.78 is 12.7. The lowest BCUT2D eigenvalue weighted by Gasteiger charge is -2.33. The molecule has 0 unspecified atom stereocenters. The van der Waals surface area contributed by atoms with Crippen molar-refractivity contribution in [2.45, 2.75) is 93.9 Å². The first-order chi connectivity index (χ1) is 21.1. The molecule has 1 aromatic carbocycles. The topological polar surface area (TPSA) is 77.7 Å². The van der Waals surface area contributed by atoms with Gasteiger partial charge in [-0.2, -0.15) is 0 Å². The van der Waals surface area contributed by atoms with E-state index in [0.29, 0.717) is 27.8 Å². The lowest BCUT2D eigenvalue weighted by atomic mass is 9.74. The average Bonchev–Trinajstić information content (AvgIpc) is 3.19. The van der Waals surface area contributed by atoms with Gasteiger partial charge in [0.1, 0.15) is 11.5 Å². The number of hydrogen-bond donors (Lipinski definition) is 0. The Morgan fingerprint density at radius 1 is 0.652 bits per heavy atom.